The summed E-state index contributed by atoms with van der Waals surface area (Å²) in [6.07, 6.45) is 0.127. The van der Waals surface area contributed by atoms with Crippen LogP contribution in [0.1, 0.15) is 44.2 Å². The SMILES string of the molecule is CC(C)(C)N(CC(=O)O)C(=O)C1CC1CNC(=O)OCC1c2ccccc2-c2ccccc21. The molecule has 2 aromatic carbocycles. The first kappa shape index (κ1) is 22.8. The molecule has 2 amide bonds. The third-order valence-corrected chi connectivity index (χ3v) is 6.46. The highest BCUT2D eigenvalue weighted by Gasteiger charge is 2.47. The van der Waals surface area contributed by atoms with Crippen molar-refractivity contribution in [2.45, 2.75) is 38.6 Å². The molecular formula is C26H30N2O5. The molecule has 174 valence electrons. The molecule has 0 aliphatic heterocycles. The fourth-order valence-corrected chi connectivity index (χ4v) is 4.62. The van der Waals surface area contributed by atoms with E-state index in [1.807, 2.05) is 45.0 Å². The van der Waals surface area contributed by atoms with Gasteiger partial charge in [0.05, 0.1) is 0 Å². The van der Waals surface area contributed by atoms with Crippen molar-refractivity contribution in [2.75, 3.05) is 19.7 Å². The van der Waals surface area contributed by atoms with E-state index in [1.54, 1.807) is 0 Å². The molecule has 7 heteroatoms. The molecule has 0 spiro atoms. The summed E-state index contributed by atoms with van der Waals surface area (Å²) in [5.74, 6) is -1.49. The number of carbonyl (C=O) groups is 3. The largest absolute Gasteiger partial charge is 0.480 e. The predicted octanol–water partition coefficient (Wildman–Crippen LogP) is 3.87. The minimum atomic E-state index is -1.03. The first-order valence-corrected chi connectivity index (χ1v) is 11.3. The molecule has 2 N–H and O–H groups in total. The van der Waals surface area contributed by atoms with Gasteiger partial charge in [-0.2, -0.15) is 0 Å². The Morgan fingerprint density at radius 2 is 1.61 bits per heavy atom. The second-order valence-electron chi connectivity index (χ2n) is 9.80. The molecule has 0 heterocycles. The summed E-state index contributed by atoms with van der Waals surface area (Å²) < 4.78 is 5.54. The summed E-state index contributed by atoms with van der Waals surface area (Å²) >= 11 is 0. The number of carboxylic acids is 1. The summed E-state index contributed by atoms with van der Waals surface area (Å²) in [6.45, 7) is 5.70. The molecule has 0 saturated heterocycles. The Morgan fingerprint density at radius 1 is 1.03 bits per heavy atom. The van der Waals surface area contributed by atoms with E-state index in [2.05, 4.69) is 29.6 Å². The van der Waals surface area contributed by atoms with Crippen LogP contribution in [0.4, 0.5) is 4.79 Å². The second kappa shape index (κ2) is 8.89. The summed E-state index contributed by atoms with van der Waals surface area (Å²) in [6, 6.07) is 16.3. The molecule has 2 atom stereocenters. The van der Waals surface area contributed by atoms with Crippen LogP contribution in [0.15, 0.2) is 48.5 Å². The van der Waals surface area contributed by atoms with Gasteiger partial charge in [-0.15, -0.1) is 0 Å². The van der Waals surface area contributed by atoms with Gasteiger partial charge in [0, 0.05) is 23.9 Å². The maximum Gasteiger partial charge on any atom is 0.407 e. The van der Waals surface area contributed by atoms with Crippen LogP contribution in [0.2, 0.25) is 0 Å². The van der Waals surface area contributed by atoms with E-state index >= 15 is 0 Å². The van der Waals surface area contributed by atoms with Crippen LogP contribution in [0.5, 0.6) is 0 Å². The Bertz CT molecular complexity index is 1030. The van der Waals surface area contributed by atoms with Gasteiger partial charge in [0.2, 0.25) is 5.91 Å². The van der Waals surface area contributed by atoms with Gasteiger partial charge < -0.3 is 20.1 Å². The van der Waals surface area contributed by atoms with E-state index in [-0.39, 0.29) is 36.8 Å². The number of nitrogens with zero attached hydrogens (tertiary/aromatic N) is 1. The van der Waals surface area contributed by atoms with Crippen molar-refractivity contribution in [3.05, 3.63) is 59.7 Å². The molecule has 0 aromatic heterocycles. The lowest BCUT2D eigenvalue weighted by molar-refractivity contribution is -0.149. The number of alkyl carbamates (subject to hydrolysis) is 1. The van der Waals surface area contributed by atoms with Crippen molar-refractivity contribution in [3.8, 4) is 11.1 Å². The van der Waals surface area contributed by atoms with E-state index in [9.17, 15) is 14.4 Å². The molecule has 33 heavy (non-hydrogen) atoms. The molecule has 1 fully saturated rings. The van der Waals surface area contributed by atoms with Gasteiger partial charge in [0.15, 0.2) is 0 Å². The van der Waals surface area contributed by atoms with E-state index < -0.39 is 17.6 Å². The minimum Gasteiger partial charge on any atom is -0.480 e. The molecule has 0 radical (unpaired) electrons. The first-order chi connectivity index (χ1) is 15.7. The maximum atomic E-state index is 12.8. The highest BCUT2D eigenvalue weighted by Crippen LogP contribution is 2.44. The van der Waals surface area contributed by atoms with Gasteiger partial charge in [-0.1, -0.05) is 48.5 Å². The van der Waals surface area contributed by atoms with Gasteiger partial charge in [-0.3, -0.25) is 9.59 Å². The molecule has 2 aliphatic carbocycles. The molecule has 2 unspecified atom stereocenters. The Labute approximate surface area is 193 Å². The van der Waals surface area contributed by atoms with Crippen molar-refractivity contribution >= 4 is 18.0 Å². The lowest BCUT2D eigenvalue weighted by Crippen LogP contribution is -2.49. The van der Waals surface area contributed by atoms with Crippen LogP contribution in [0.3, 0.4) is 0 Å². The smallest absolute Gasteiger partial charge is 0.407 e. The molecular weight excluding hydrogens is 420 g/mol. The summed E-state index contributed by atoms with van der Waals surface area (Å²) in [7, 11) is 0. The van der Waals surface area contributed by atoms with Gasteiger partial charge in [-0.05, 0) is 55.4 Å². The number of hydrogen-bond acceptors (Lipinski definition) is 4. The van der Waals surface area contributed by atoms with Crippen molar-refractivity contribution in [1.82, 2.24) is 10.2 Å². The zero-order chi connectivity index (χ0) is 23.8. The fourth-order valence-electron chi connectivity index (χ4n) is 4.62. The maximum absolute atomic E-state index is 12.8. The summed E-state index contributed by atoms with van der Waals surface area (Å²) in [4.78, 5) is 37.7. The number of carboxylic acid groups (broad SMARTS) is 1. The number of amides is 2. The molecule has 4 rings (SSSR count). The number of ether oxygens (including phenoxy) is 1. The number of benzene rings is 2. The van der Waals surface area contributed by atoms with Gasteiger partial charge in [0.1, 0.15) is 13.2 Å². The highest BCUT2D eigenvalue weighted by atomic mass is 16.5. The summed E-state index contributed by atoms with van der Waals surface area (Å²) in [5.41, 5.74) is 4.07. The Hall–Kier alpha value is -3.35. The lowest BCUT2D eigenvalue weighted by Gasteiger charge is -2.34. The van der Waals surface area contributed by atoms with E-state index in [4.69, 9.17) is 9.84 Å². The lowest BCUT2D eigenvalue weighted by atomic mass is 9.98. The standard InChI is InChI=1S/C26H30N2O5/c1-26(2,3)28(14-23(29)30)24(31)21-12-16(21)13-27-25(32)33-15-22-19-10-6-4-8-17(19)18-9-5-7-11-20(18)22/h4-11,16,21-22H,12-15H2,1-3H3,(H,27,32)(H,29,30). The van der Waals surface area contributed by atoms with Crippen LogP contribution in [-0.4, -0.2) is 53.2 Å². The Balaban J connectivity index is 1.29. The molecule has 1 saturated carbocycles. The minimum absolute atomic E-state index is 0.00312. The highest BCUT2D eigenvalue weighted by molar-refractivity contribution is 5.86. The average Bonchev–Trinajstić information content (AvgIpc) is 3.48. The number of fused-ring (bicyclic) bond motifs is 3. The molecule has 7 nitrogen and oxygen atoms in total. The normalized spacial score (nSPS) is 18.8. The summed E-state index contributed by atoms with van der Waals surface area (Å²) in [5, 5.41) is 11.9. The predicted molar refractivity (Wildman–Crippen MR) is 124 cm³/mol. The number of nitrogens with one attached hydrogen (secondary N) is 1. The van der Waals surface area contributed by atoms with Crippen LogP contribution in [-0.2, 0) is 14.3 Å². The number of carbonyl (C=O) groups excluding carboxylic acids is 2. The van der Waals surface area contributed by atoms with Crippen LogP contribution >= 0.6 is 0 Å². The zero-order valence-electron chi connectivity index (χ0n) is 19.2. The monoisotopic (exact) mass is 450 g/mol. The van der Waals surface area contributed by atoms with Crippen molar-refractivity contribution in [3.63, 3.8) is 0 Å². The van der Waals surface area contributed by atoms with Gasteiger partial charge in [0.25, 0.3) is 0 Å². The van der Waals surface area contributed by atoms with Gasteiger partial charge >= 0.3 is 12.1 Å². The van der Waals surface area contributed by atoms with Crippen molar-refractivity contribution in [1.29, 1.82) is 0 Å². The van der Waals surface area contributed by atoms with Crippen LogP contribution < -0.4 is 5.32 Å². The van der Waals surface area contributed by atoms with Crippen LogP contribution in [0.25, 0.3) is 11.1 Å². The van der Waals surface area contributed by atoms with E-state index in [0.29, 0.717) is 13.0 Å². The Morgan fingerprint density at radius 3 is 2.15 bits per heavy atom. The molecule has 2 aliphatic rings. The fraction of sp³-hybridized carbons (Fsp3) is 0.423. The molecule has 2 aromatic rings. The van der Waals surface area contributed by atoms with E-state index in [1.165, 1.54) is 16.0 Å². The van der Waals surface area contributed by atoms with Crippen LogP contribution in [0, 0.1) is 11.8 Å². The first-order valence-electron chi connectivity index (χ1n) is 11.3. The average molecular weight is 451 g/mol. The third-order valence-electron chi connectivity index (χ3n) is 6.46. The topological polar surface area (TPSA) is 95.9 Å². The third kappa shape index (κ3) is 4.87. The van der Waals surface area contributed by atoms with Gasteiger partial charge in [-0.25, -0.2) is 4.79 Å². The quantitative estimate of drug-likeness (QED) is 0.668. The van der Waals surface area contributed by atoms with E-state index in [0.717, 1.165) is 11.1 Å². The number of rotatable bonds is 7. The zero-order valence-corrected chi connectivity index (χ0v) is 19.2. The Kier molecular flexibility index (Phi) is 6.15. The van der Waals surface area contributed by atoms with Crippen molar-refractivity contribution < 1.29 is 24.2 Å². The molecule has 0 bridgehead atoms. The number of aliphatic carboxylic acids is 1. The van der Waals surface area contributed by atoms with Crippen molar-refractivity contribution in [2.24, 2.45) is 11.8 Å². The number of hydrogen-bond donors (Lipinski definition) is 2. The second-order valence-corrected chi connectivity index (χ2v) is 9.80.